The van der Waals surface area contributed by atoms with Gasteiger partial charge in [-0.3, -0.25) is 0 Å². The van der Waals surface area contributed by atoms with Crippen molar-refractivity contribution in [3.8, 4) is 0 Å². The zero-order valence-electron chi connectivity index (χ0n) is 10.5. The highest BCUT2D eigenvalue weighted by Crippen LogP contribution is 2.26. The SMILES string of the molecule is CNC(Cc1ccccc1Br)c1ccc(Br)cc1F. The summed E-state index contributed by atoms with van der Waals surface area (Å²) in [6.07, 6.45) is 0.733. The molecule has 0 fully saturated rings. The van der Waals surface area contributed by atoms with Gasteiger partial charge in [0.1, 0.15) is 5.82 Å². The summed E-state index contributed by atoms with van der Waals surface area (Å²) in [4.78, 5) is 0. The lowest BCUT2D eigenvalue weighted by molar-refractivity contribution is 0.533. The van der Waals surface area contributed by atoms with Crippen molar-refractivity contribution in [1.29, 1.82) is 0 Å². The fraction of sp³-hybridized carbons (Fsp3) is 0.200. The van der Waals surface area contributed by atoms with Crippen LogP contribution in [-0.4, -0.2) is 7.05 Å². The smallest absolute Gasteiger partial charge is 0.129 e. The van der Waals surface area contributed by atoms with Crippen molar-refractivity contribution in [1.82, 2.24) is 5.32 Å². The monoisotopic (exact) mass is 385 g/mol. The van der Waals surface area contributed by atoms with Gasteiger partial charge in [0, 0.05) is 20.6 Å². The molecule has 19 heavy (non-hydrogen) atoms. The van der Waals surface area contributed by atoms with Gasteiger partial charge in [-0.05, 0) is 37.2 Å². The largest absolute Gasteiger partial charge is 0.313 e. The van der Waals surface area contributed by atoms with Crippen molar-refractivity contribution in [2.45, 2.75) is 12.5 Å². The molecule has 0 heterocycles. The van der Waals surface area contributed by atoms with Crippen LogP contribution in [0.1, 0.15) is 17.2 Å². The van der Waals surface area contributed by atoms with Crippen molar-refractivity contribution in [3.63, 3.8) is 0 Å². The standard InChI is InChI=1S/C15H14Br2FN/c1-19-15(8-10-4-2-3-5-13(10)17)12-7-6-11(16)9-14(12)18/h2-7,9,15,19H,8H2,1H3. The molecule has 1 atom stereocenters. The van der Waals surface area contributed by atoms with E-state index < -0.39 is 0 Å². The lowest BCUT2D eigenvalue weighted by Gasteiger charge is -2.18. The van der Waals surface area contributed by atoms with E-state index in [4.69, 9.17) is 0 Å². The number of hydrogen-bond acceptors (Lipinski definition) is 1. The molecule has 0 aliphatic rings. The predicted octanol–water partition coefficient (Wildman–Crippen LogP) is 4.85. The maximum Gasteiger partial charge on any atom is 0.129 e. The van der Waals surface area contributed by atoms with E-state index in [1.807, 2.05) is 43.4 Å². The fourth-order valence-corrected chi connectivity index (χ4v) is 2.82. The van der Waals surface area contributed by atoms with E-state index >= 15 is 0 Å². The molecule has 1 N–H and O–H groups in total. The van der Waals surface area contributed by atoms with E-state index in [2.05, 4.69) is 37.2 Å². The molecule has 100 valence electrons. The lowest BCUT2D eigenvalue weighted by atomic mass is 9.98. The summed E-state index contributed by atoms with van der Waals surface area (Å²) in [5, 5.41) is 3.18. The fourth-order valence-electron chi connectivity index (χ4n) is 2.04. The summed E-state index contributed by atoms with van der Waals surface area (Å²) >= 11 is 6.81. The second-order valence-corrected chi connectivity index (χ2v) is 6.07. The molecule has 0 aromatic heterocycles. The molecule has 0 saturated carbocycles. The second kappa shape index (κ2) is 6.64. The van der Waals surface area contributed by atoms with Crippen LogP contribution in [0.4, 0.5) is 4.39 Å². The summed E-state index contributed by atoms with van der Waals surface area (Å²) in [6.45, 7) is 0. The molecule has 2 aromatic rings. The van der Waals surface area contributed by atoms with Crippen LogP contribution in [-0.2, 0) is 6.42 Å². The number of hydrogen-bond donors (Lipinski definition) is 1. The van der Waals surface area contributed by atoms with Gasteiger partial charge in [-0.25, -0.2) is 4.39 Å². The minimum Gasteiger partial charge on any atom is -0.313 e. The summed E-state index contributed by atoms with van der Waals surface area (Å²) in [6, 6.07) is 13.1. The highest BCUT2D eigenvalue weighted by Gasteiger charge is 2.15. The van der Waals surface area contributed by atoms with Crippen LogP contribution in [0, 0.1) is 5.82 Å². The predicted molar refractivity (Wildman–Crippen MR) is 83.7 cm³/mol. The minimum atomic E-state index is -0.194. The van der Waals surface area contributed by atoms with Crippen molar-refractivity contribution < 1.29 is 4.39 Å². The zero-order valence-corrected chi connectivity index (χ0v) is 13.6. The molecule has 0 aliphatic carbocycles. The molecule has 0 radical (unpaired) electrons. The summed E-state index contributed by atoms with van der Waals surface area (Å²) < 4.78 is 15.8. The Morgan fingerprint density at radius 3 is 2.53 bits per heavy atom. The van der Waals surface area contributed by atoms with E-state index in [1.165, 1.54) is 6.07 Å². The Morgan fingerprint density at radius 1 is 1.16 bits per heavy atom. The Balaban J connectivity index is 2.28. The Kier molecular flexibility index (Phi) is 5.13. The highest BCUT2D eigenvalue weighted by atomic mass is 79.9. The molecule has 0 aliphatic heterocycles. The molecule has 0 spiro atoms. The molecular formula is C15H14Br2FN. The van der Waals surface area contributed by atoms with E-state index in [9.17, 15) is 4.39 Å². The number of likely N-dealkylation sites (N-methyl/N-ethyl adjacent to an activating group) is 1. The molecule has 1 nitrogen and oxygen atoms in total. The Labute approximate surface area is 129 Å². The highest BCUT2D eigenvalue weighted by molar-refractivity contribution is 9.10. The van der Waals surface area contributed by atoms with Crippen molar-refractivity contribution in [3.05, 3.63) is 68.4 Å². The molecule has 0 bridgehead atoms. The first-order valence-corrected chi connectivity index (χ1v) is 7.56. The van der Waals surface area contributed by atoms with Crippen LogP contribution >= 0.6 is 31.9 Å². The molecular weight excluding hydrogens is 373 g/mol. The van der Waals surface area contributed by atoms with E-state index in [0.29, 0.717) is 5.56 Å². The third kappa shape index (κ3) is 3.65. The van der Waals surface area contributed by atoms with Crippen molar-refractivity contribution >= 4 is 31.9 Å². The van der Waals surface area contributed by atoms with Crippen LogP contribution in [0.2, 0.25) is 0 Å². The first-order chi connectivity index (χ1) is 9.11. The summed E-state index contributed by atoms with van der Waals surface area (Å²) in [5.74, 6) is -0.194. The number of nitrogens with one attached hydrogen (secondary N) is 1. The average molecular weight is 387 g/mol. The van der Waals surface area contributed by atoms with Crippen molar-refractivity contribution in [2.24, 2.45) is 0 Å². The van der Waals surface area contributed by atoms with Crippen LogP contribution in [0.3, 0.4) is 0 Å². The maximum absolute atomic E-state index is 14.0. The average Bonchev–Trinajstić information content (AvgIpc) is 2.39. The molecule has 0 amide bonds. The van der Waals surface area contributed by atoms with Gasteiger partial charge in [0.2, 0.25) is 0 Å². The Hall–Kier alpha value is -0.710. The van der Waals surface area contributed by atoms with Crippen LogP contribution in [0.25, 0.3) is 0 Å². The van der Waals surface area contributed by atoms with Gasteiger partial charge in [-0.15, -0.1) is 0 Å². The van der Waals surface area contributed by atoms with Gasteiger partial charge in [-0.1, -0.05) is 56.1 Å². The van der Waals surface area contributed by atoms with Gasteiger partial charge in [-0.2, -0.15) is 0 Å². The number of benzene rings is 2. The maximum atomic E-state index is 14.0. The van der Waals surface area contributed by atoms with Crippen LogP contribution in [0.5, 0.6) is 0 Å². The molecule has 1 unspecified atom stereocenters. The first-order valence-electron chi connectivity index (χ1n) is 5.97. The van der Waals surface area contributed by atoms with Gasteiger partial charge in [0.15, 0.2) is 0 Å². The number of rotatable bonds is 4. The van der Waals surface area contributed by atoms with Crippen LogP contribution in [0.15, 0.2) is 51.4 Å². The van der Waals surface area contributed by atoms with Crippen molar-refractivity contribution in [2.75, 3.05) is 7.05 Å². The van der Waals surface area contributed by atoms with Gasteiger partial charge < -0.3 is 5.32 Å². The van der Waals surface area contributed by atoms with E-state index in [-0.39, 0.29) is 11.9 Å². The van der Waals surface area contributed by atoms with E-state index in [1.54, 1.807) is 0 Å². The topological polar surface area (TPSA) is 12.0 Å². The molecule has 2 rings (SSSR count). The number of halogens is 3. The normalized spacial score (nSPS) is 12.4. The van der Waals surface area contributed by atoms with E-state index in [0.717, 1.165) is 20.9 Å². The first kappa shape index (κ1) is 14.7. The van der Waals surface area contributed by atoms with Gasteiger partial charge >= 0.3 is 0 Å². The Bertz CT molecular complexity index is 572. The molecule has 0 saturated heterocycles. The van der Waals surface area contributed by atoms with Crippen LogP contribution < -0.4 is 5.32 Å². The molecule has 2 aromatic carbocycles. The summed E-state index contributed by atoms with van der Waals surface area (Å²) in [5.41, 5.74) is 1.84. The Morgan fingerprint density at radius 2 is 1.89 bits per heavy atom. The third-order valence-corrected chi connectivity index (χ3v) is 4.34. The molecule has 4 heteroatoms. The van der Waals surface area contributed by atoms with Gasteiger partial charge in [0.05, 0.1) is 0 Å². The zero-order chi connectivity index (χ0) is 13.8. The minimum absolute atomic E-state index is 0.0493. The summed E-state index contributed by atoms with van der Waals surface area (Å²) in [7, 11) is 1.85. The second-order valence-electron chi connectivity index (χ2n) is 4.30. The van der Waals surface area contributed by atoms with Gasteiger partial charge in [0.25, 0.3) is 0 Å². The lowest BCUT2D eigenvalue weighted by Crippen LogP contribution is -2.20. The third-order valence-electron chi connectivity index (χ3n) is 3.07. The quantitative estimate of drug-likeness (QED) is 0.791.